The first kappa shape index (κ1) is 13.5. The van der Waals surface area contributed by atoms with Crippen LogP contribution in [0.2, 0.25) is 0 Å². The molecule has 2 heterocycles. The van der Waals surface area contributed by atoms with Crippen molar-refractivity contribution < 1.29 is 8.42 Å². The highest BCUT2D eigenvalue weighted by Crippen LogP contribution is 2.19. The fourth-order valence-electron chi connectivity index (χ4n) is 1.71. The van der Waals surface area contributed by atoms with E-state index >= 15 is 0 Å². The highest BCUT2D eigenvalue weighted by atomic mass is 32.2. The van der Waals surface area contributed by atoms with Crippen LogP contribution in [0.3, 0.4) is 0 Å². The molecule has 102 valence electrons. The lowest BCUT2D eigenvalue weighted by Crippen LogP contribution is -2.27. The third-order valence-electron chi connectivity index (χ3n) is 2.65. The van der Waals surface area contributed by atoms with E-state index in [4.69, 9.17) is 5.73 Å². The monoisotopic (exact) mass is 281 g/mol. The van der Waals surface area contributed by atoms with E-state index in [1.807, 2.05) is 0 Å². The number of rotatable bonds is 4. The largest absolute Gasteiger partial charge is 0.381 e. The smallest absolute Gasteiger partial charge is 0.246 e. The van der Waals surface area contributed by atoms with Gasteiger partial charge in [-0.3, -0.25) is 9.67 Å². The summed E-state index contributed by atoms with van der Waals surface area (Å²) in [6, 6.07) is 3.12. The molecule has 0 saturated heterocycles. The number of nitrogens with one attached hydrogen (secondary N) is 1. The van der Waals surface area contributed by atoms with E-state index in [0.717, 1.165) is 5.56 Å². The van der Waals surface area contributed by atoms with Crippen LogP contribution in [0.25, 0.3) is 0 Å². The molecule has 0 aliphatic carbocycles. The minimum atomic E-state index is -3.70. The number of nitrogens with zero attached hydrogens (tertiary/aromatic N) is 3. The second kappa shape index (κ2) is 4.98. The van der Waals surface area contributed by atoms with Gasteiger partial charge in [0.05, 0.1) is 0 Å². The van der Waals surface area contributed by atoms with Crippen molar-refractivity contribution in [1.29, 1.82) is 0 Å². The predicted octanol–water partition coefficient (Wildman–Crippen LogP) is 0.437. The van der Waals surface area contributed by atoms with E-state index in [2.05, 4.69) is 14.8 Å². The molecule has 0 spiro atoms. The number of sulfonamides is 1. The van der Waals surface area contributed by atoms with Gasteiger partial charge in [-0.25, -0.2) is 13.1 Å². The molecule has 8 heteroatoms. The Balaban J connectivity index is 2.25. The lowest BCUT2D eigenvalue weighted by atomic mass is 10.1. The number of pyridine rings is 1. The first-order chi connectivity index (χ1) is 8.90. The van der Waals surface area contributed by atoms with Gasteiger partial charge in [-0.2, -0.15) is 5.10 Å². The van der Waals surface area contributed by atoms with Gasteiger partial charge < -0.3 is 5.73 Å². The average Bonchev–Trinajstić information content (AvgIpc) is 2.70. The summed E-state index contributed by atoms with van der Waals surface area (Å²) < 4.78 is 28.3. The fourth-order valence-corrected chi connectivity index (χ4v) is 3.04. The van der Waals surface area contributed by atoms with E-state index in [9.17, 15) is 8.42 Å². The molecule has 0 saturated carbocycles. The summed E-state index contributed by atoms with van der Waals surface area (Å²) in [5.41, 5.74) is 6.40. The number of hydrogen-bond acceptors (Lipinski definition) is 5. The molecule has 0 aliphatic heterocycles. The molecule has 0 aliphatic rings. The van der Waals surface area contributed by atoms with Crippen molar-refractivity contribution in [1.82, 2.24) is 19.5 Å². The summed E-state index contributed by atoms with van der Waals surface area (Å²) in [5, 5.41) is 3.82. The van der Waals surface area contributed by atoms with E-state index in [-0.39, 0.29) is 16.8 Å². The Kier molecular flexibility index (Phi) is 3.54. The van der Waals surface area contributed by atoms with Crippen LogP contribution >= 0.6 is 0 Å². The number of aryl methyl sites for hydroxylation is 1. The van der Waals surface area contributed by atoms with Crippen molar-refractivity contribution >= 4 is 15.8 Å². The zero-order chi connectivity index (χ0) is 14.0. The Morgan fingerprint density at radius 3 is 2.53 bits per heavy atom. The molecule has 0 fully saturated rings. The molecule has 0 bridgehead atoms. The Morgan fingerprint density at radius 1 is 1.37 bits per heavy atom. The number of nitrogen functional groups attached to an aromatic ring is 1. The third-order valence-corrected chi connectivity index (χ3v) is 4.21. The topological polar surface area (TPSA) is 103 Å². The molecule has 0 radical (unpaired) electrons. The second-order valence-electron chi connectivity index (χ2n) is 4.18. The second-order valence-corrected chi connectivity index (χ2v) is 5.86. The minimum absolute atomic E-state index is 0.0167. The zero-order valence-electron chi connectivity index (χ0n) is 10.6. The fraction of sp³-hybridized carbons (Fsp3) is 0.273. The summed E-state index contributed by atoms with van der Waals surface area (Å²) >= 11 is 0. The highest BCUT2D eigenvalue weighted by molar-refractivity contribution is 7.89. The van der Waals surface area contributed by atoms with Crippen molar-refractivity contribution in [2.45, 2.75) is 17.9 Å². The van der Waals surface area contributed by atoms with Gasteiger partial charge in [0, 0.05) is 31.7 Å². The molecule has 19 heavy (non-hydrogen) atoms. The van der Waals surface area contributed by atoms with Crippen molar-refractivity contribution in [3.63, 3.8) is 0 Å². The van der Waals surface area contributed by atoms with Gasteiger partial charge in [-0.05, 0) is 24.6 Å². The number of hydrogen-bond donors (Lipinski definition) is 2. The van der Waals surface area contributed by atoms with E-state index in [1.54, 1.807) is 38.5 Å². The van der Waals surface area contributed by atoms with Crippen LogP contribution in [0, 0.1) is 0 Å². The van der Waals surface area contributed by atoms with Gasteiger partial charge in [0.15, 0.2) is 5.82 Å². The van der Waals surface area contributed by atoms with Crippen LogP contribution in [-0.4, -0.2) is 23.2 Å². The molecule has 2 rings (SSSR count). The lowest BCUT2D eigenvalue weighted by Gasteiger charge is -2.13. The molecular weight excluding hydrogens is 266 g/mol. The molecule has 2 aromatic heterocycles. The maximum atomic E-state index is 12.2. The van der Waals surface area contributed by atoms with Gasteiger partial charge in [0.25, 0.3) is 0 Å². The van der Waals surface area contributed by atoms with Crippen molar-refractivity contribution in [2.24, 2.45) is 7.05 Å². The first-order valence-corrected chi connectivity index (χ1v) is 7.10. The Bertz CT molecular complexity index is 666. The number of aromatic nitrogens is 3. The standard InChI is InChI=1S/C11H15N5O2S/c1-8(9-3-5-13-6-4-9)15-19(17,18)10-7-16(2)14-11(10)12/h3-8,15H,1-2H3,(H2,12,14). The molecule has 0 aromatic carbocycles. The van der Waals surface area contributed by atoms with Gasteiger partial charge in [0.1, 0.15) is 4.90 Å². The zero-order valence-corrected chi connectivity index (χ0v) is 11.4. The van der Waals surface area contributed by atoms with Crippen molar-refractivity contribution in [3.8, 4) is 0 Å². The Morgan fingerprint density at radius 2 is 2.00 bits per heavy atom. The normalized spacial score (nSPS) is 13.4. The Hall–Kier alpha value is -1.93. The number of anilines is 1. The molecule has 3 N–H and O–H groups in total. The third kappa shape index (κ3) is 2.91. The van der Waals surface area contributed by atoms with Crippen LogP contribution in [0.15, 0.2) is 35.6 Å². The molecule has 0 amide bonds. The quantitative estimate of drug-likeness (QED) is 0.846. The summed E-state index contributed by atoms with van der Waals surface area (Å²) in [6.07, 6.45) is 4.59. The molecule has 2 aromatic rings. The van der Waals surface area contributed by atoms with Crippen LogP contribution in [-0.2, 0) is 17.1 Å². The van der Waals surface area contributed by atoms with E-state index in [0.29, 0.717) is 0 Å². The predicted molar refractivity (Wildman–Crippen MR) is 70.6 cm³/mol. The van der Waals surface area contributed by atoms with Crippen LogP contribution in [0.4, 0.5) is 5.82 Å². The summed E-state index contributed by atoms with van der Waals surface area (Å²) in [7, 11) is -2.08. The molecule has 1 unspecified atom stereocenters. The van der Waals surface area contributed by atoms with Crippen molar-refractivity contribution in [2.75, 3.05) is 5.73 Å². The average molecular weight is 281 g/mol. The lowest BCUT2D eigenvalue weighted by molar-refractivity contribution is 0.567. The van der Waals surface area contributed by atoms with Gasteiger partial charge in [-0.15, -0.1) is 0 Å². The summed E-state index contributed by atoms with van der Waals surface area (Å²) in [6.45, 7) is 1.75. The minimum Gasteiger partial charge on any atom is -0.381 e. The molecule has 7 nitrogen and oxygen atoms in total. The SMILES string of the molecule is CC(NS(=O)(=O)c1cn(C)nc1N)c1ccncc1. The van der Waals surface area contributed by atoms with Crippen LogP contribution < -0.4 is 10.5 Å². The van der Waals surface area contributed by atoms with E-state index in [1.165, 1.54) is 10.9 Å². The first-order valence-electron chi connectivity index (χ1n) is 5.61. The van der Waals surface area contributed by atoms with Gasteiger partial charge in [0.2, 0.25) is 10.0 Å². The molecule has 1 atom stereocenters. The van der Waals surface area contributed by atoms with Crippen LogP contribution in [0.1, 0.15) is 18.5 Å². The van der Waals surface area contributed by atoms with Crippen molar-refractivity contribution in [3.05, 3.63) is 36.3 Å². The summed E-state index contributed by atoms with van der Waals surface area (Å²) in [5.74, 6) is -0.0167. The maximum absolute atomic E-state index is 12.2. The van der Waals surface area contributed by atoms with Crippen LogP contribution in [0.5, 0.6) is 0 Å². The van der Waals surface area contributed by atoms with Gasteiger partial charge >= 0.3 is 0 Å². The highest BCUT2D eigenvalue weighted by Gasteiger charge is 2.23. The van der Waals surface area contributed by atoms with E-state index < -0.39 is 10.0 Å². The molecular formula is C11H15N5O2S. The van der Waals surface area contributed by atoms with Gasteiger partial charge in [-0.1, -0.05) is 0 Å². The maximum Gasteiger partial charge on any atom is 0.246 e. The number of nitrogens with two attached hydrogens (primary N) is 1. The summed E-state index contributed by atoms with van der Waals surface area (Å²) in [4.78, 5) is 3.87. The Labute approximate surface area is 111 Å².